The van der Waals surface area contributed by atoms with Crippen LogP contribution in [-0.4, -0.2) is 30.4 Å². The predicted molar refractivity (Wildman–Crippen MR) is 117 cm³/mol. The van der Waals surface area contributed by atoms with E-state index in [4.69, 9.17) is 0 Å². The van der Waals surface area contributed by atoms with E-state index in [2.05, 4.69) is 10.6 Å². The van der Waals surface area contributed by atoms with Crippen LogP contribution in [0, 0.1) is 25.6 Å². The molecule has 30 heavy (non-hydrogen) atoms. The van der Waals surface area contributed by atoms with Crippen molar-refractivity contribution in [3.8, 4) is 0 Å². The summed E-state index contributed by atoms with van der Waals surface area (Å²) in [4.78, 5) is 26.7. The minimum absolute atomic E-state index is 0.0555. The quantitative estimate of drug-likeness (QED) is 0.706. The Bertz CT molecular complexity index is 892. The van der Waals surface area contributed by atoms with Crippen molar-refractivity contribution in [3.05, 3.63) is 65.0 Å². The van der Waals surface area contributed by atoms with Gasteiger partial charge in [0.25, 0.3) is 0 Å². The normalized spacial score (nSPS) is 14.9. The first-order valence-electron chi connectivity index (χ1n) is 10.5. The van der Waals surface area contributed by atoms with Gasteiger partial charge in [-0.25, -0.2) is 9.18 Å². The highest BCUT2D eigenvalue weighted by molar-refractivity contribution is 5.95. The van der Waals surface area contributed by atoms with Crippen molar-refractivity contribution in [2.24, 2.45) is 5.92 Å². The number of halogens is 1. The van der Waals surface area contributed by atoms with Gasteiger partial charge in [-0.2, -0.15) is 0 Å². The summed E-state index contributed by atoms with van der Waals surface area (Å²) in [6.07, 6.45) is 4.32. The summed E-state index contributed by atoms with van der Waals surface area (Å²) in [5.41, 5.74) is 3.75. The molecule has 2 N–H and O–H groups in total. The van der Waals surface area contributed by atoms with Gasteiger partial charge in [0, 0.05) is 12.7 Å². The molecule has 0 spiro atoms. The number of hydrogen-bond donors (Lipinski definition) is 2. The highest BCUT2D eigenvalue weighted by Gasteiger charge is 2.29. The van der Waals surface area contributed by atoms with Crippen molar-refractivity contribution in [2.75, 3.05) is 18.9 Å². The van der Waals surface area contributed by atoms with Crippen LogP contribution in [0.1, 0.15) is 48.4 Å². The summed E-state index contributed by atoms with van der Waals surface area (Å²) in [6, 6.07) is 11.5. The van der Waals surface area contributed by atoms with Gasteiger partial charge in [0.1, 0.15) is 12.4 Å². The number of rotatable bonds is 6. The van der Waals surface area contributed by atoms with Crippen molar-refractivity contribution in [3.63, 3.8) is 0 Å². The fraction of sp³-hybridized carbons (Fsp3) is 0.417. The third kappa shape index (κ3) is 5.38. The lowest BCUT2D eigenvalue weighted by Crippen LogP contribution is -2.44. The first-order valence-corrected chi connectivity index (χ1v) is 10.5. The lowest BCUT2D eigenvalue weighted by molar-refractivity contribution is -0.116. The summed E-state index contributed by atoms with van der Waals surface area (Å²) in [5, 5.41) is 5.95. The second kappa shape index (κ2) is 9.74. The molecule has 2 aromatic rings. The van der Waals surface area contributed by atoms with Crippen molar-refractivity contribution >= 4 is 17.6 Å². The third-order valence-corrected chi connectivity index (χ3v) is 5.99. The molecule has 0 heterocycles. The maximum absolute atomic E-state index is 13.4. The third-order valence-electron chi connectivity index (χ3n) is 5.99. The molecule has 0 aromatic heterocycles. The molecular formula is C24H30FN3O2. The standard InChI is InChI=1S/C24H30FN3O2/c1-16-7-6-10-21(17(16)2)26-22(29)15-28(3)24(30)27-23(18-8-4-5-9-18)19-11-13-20(25)14-12-19/h6-7,10-14,18,23H,4-5,8-9,15H2,1-3H3,(H,26,29)(H,27,30). The molecule has 0 aliphatic heterocycles. The number of likely N-dealkylation sites (N-methyl/N-ethyl adjacent to an activating group) is 1. The Hall–Kier alpha value is -2.89. The molecule has 1 atom stereocenters. The zero-order valence-corrected chi connectivity index (χ0v) is 17.9. The fourth-order valence-corrected chi connectivity index (χ4v) is 4.04. The fourth-order valence-electron chi connectivity index (χ4n) is 4.04. The second-order valence-electron chi connectivity index (χ2n) is 8.17. The van der Waals surface area contributed by atoms with Gasteiger partial charge in [0.2, 0.25) is 5.91 Å². The second-order valence-corrected chi connectivity index (χ2v) is 8.17. The summed E-state index contributed by atoms with van der Waals surface area (Å²) in [7, 11) is 1.61. The number of benzene rings is 2. The average Bonchev–Trinajstić information content (AvgIpc) is 3.24. The Labute approximate surface area is 177 Å². The number of anilines is 1. The van der Waals surface area contributed by atoms with Crippen LogP contribution < -0.4 is 10.6 Å². The molecule has 3 amide bonds. The molecule has 1 aliphatic carbocycles. The van der Waals surface area contributed by atoms with Crippen molar-refractivity contribution in [2.45, 2.75) is 45.6 Å². The number of nitrogens with one attached hydrogen (secondary N) is 2. The van der Waals surface area contributed by atoms with Crippen LogP contribution in [0.25, 0.3) is 0 Å². The predicted octanol–water partition coefficient (Wildman–Crippen LogP) is 4.95. The van der Waals surface area contributed by atoms with E-state index in [1.165, 1.54) is 17.0 Å². The van der Waals surface area contributed by atoms with Crippen molar-refractivity contribution in [1.82, 2.24) is 10.2 Å². The van der Waals surface area contributed by atoms with Crippen LogP contribution in [-0.2, 0) is 4.79 Å². The number of amides is 3. The zero-order valence-electron chi connectivity index (χ0n) is 17.9. The van der Waals surface area contributed by atoms with Crippen molar-refractivity contribution in [1.29, 1.82) is 0 Å². The maximum Gasteiger partial charge on any atom is 0.318 e. The van der Waals surface area contributed by atoms with Crippen LogP contribution in [0.5, 0.6) is 0 Å². The Morgan fingerprint density at radius 2 is 1.77 bits per heavy atom. The summed E-state index contributed by atoms with van der Waals surface area (Å²) < 4.78 is 13.4. The molecule has 1 saturated carbocycles. The minimum atomic E-state index is -0.313. The van der Waals surface area contributed by atoms with Gasteiger partial charge < -0.3 is 15.5 Å². The Morgan fingerprint density at radius 3 is 2.43 bits per heavy atom. The van der Waals surface area contributed by atoms with Gasteiger partial charge in [-0.3, -0.25) is 4.79 Å². The van der Waals surface area contributed by atoms with E-state index in [-0.39, 0.29) is 30.3 Å². The highest BCUT2D eigenvalue weighted by Crippen LogP contribution is 2.35. The Balaban J connectivity index is 1.63. The molecule has 1 fully saturated rings. The van der Waals surface area contributed by atoms with Crippen molar-refractivity contribution < 1.29 is 14.0 Å². The van der Waals surface area contributed by atoms with Crippen LogP contribution in [0.15, 0.2) is 42.5 Å². The van der Waals surface area contributed by atoms with E-state index in [0.717, 1.165) is 48.1 Å². The topological polar surface area (TPSA) is 61.4 Å². The van der Waals surface area contributed by atoms with Gasteiger partial charge >= 0.3 is 6.03 Å². The molecule has 1 unspecified atom stereocenters. The number of carbonyl (C=O) groups is 2. The van der Waals surface area contributed by atoms with Gasteiger partial charge in [-0.1, -0.05) is 37.1 Å². The van der Waals surface area contributed by atoms with E-state index in [0.29, 0.717) is 5.92 Å². The van der Waals surface area contributed by atoms with E-state index >= 15 is 0 Å². The van der Waals surface area contributed by atoms with E-state index in [1.807, 2.05) is 32.0 Å². The molecule has 6 heteroatoms. The van der Waals surface area contributed by atoms with Crippen LogP contribution in [0.3, 0.4) is 0 Å². The highest BCUT2D eigenvalue weighted by atomic mass is 19.1. The Morgan fingerprint density at radius 1 is 1.10 bits per heavy atom. The molecule has 0 bridgehead atoms. The summed E-state index contributed by atoms with van der Waals surface area (Å²) in [6.45, 7) is 3.89. The Kier molecular flexibility index (Phi) is 7.08. The van der Waals surface area contributed by atoms with E-state index < -0.39 is 0 Å². The number of aryl methyl sites for hydroxylation is 1. The SMILES string of the molecule is Cc1cccc(NC(=O)CN(C)C(=O)NC(c2ccc(F)cc2)C2CCCC2)c1C. The number of hydrogen-bond acceptors (Lipinski definition) is 2. The molecule has 5 nitrogen and oxygen atoms in total. The molecule has 0 saturated heterocycles. The smallest absolute Gasteiger partial charge is 0.318 e. The number of carbonyl (C=O) groups excluding carboxylic acids is 2. The lowest BCUT2D eigenvalue weighted by atomic mass is 9.91. The molecule has 160 valence electrons. The van der Waals surface area contributed by atoms with Crippen LogP contribution >= 0.6 is 0 Å². The molecule has 2 aromatic carbocycles. The summed E-state index contributed by atoms with van der Waals surface area (Å²) >= 11 is 0. The van der Waals surface area contributed by atoms with Gasteiger partial charge in [0.15, 0.2) is 0 Å². The molecule has 3 rings (SSSR count). The summed E-state index contributed by atoms with van der Waals surface area (Å²) in [5.74, 6) is -0.229. The monoisotopic (exact) mass is 411 g/mol. The van der Waals surface area contributed by atoms with Crippen LogP contribution in [0.4, 0.5) is 14.9 Å². The first-order chi connectivity index (χ1) is 14.3. The van der Waals surface area contributed by atoms with Gasteiger partial charge in [-0.05, 0) is 67.5 Å². The van der Waals surface area contributed by atoms with Gasteiger partial charge in [0.05, 0.1) is 6.04 Å². The van der Waals surface area contributed by atoms with E-state index in [1.54, 1.807) is 19.2 Å². The largest absolute Gasteiger partial charge is 0.331 e. The maximum atomic E-state index is 13.4. The lowest BCUT2D eigenvalue weighted by Gasteiger charge is -2.28. The number of nitrogens with zero attached hydrogens (tertiary/aromatic N) is 1. The van der Waals surface area contributed by atoms with E-state index in [9.17, 15) is 14.0 Å². The molecular weight excluding hydrogens is 381 g/mol. The minimum Gasteiger partial charge on any atom is -0.331 e. The molecule has 0 radical (unpaired) electrons. The molecule has 1 aliphatic rings. The van der Waals surface area contributed by atoms with Crippen LogP contribution in [0.2, 0.25) is 0 Å². The average molecular weight is 412 g/mol. The van der Waals surface area contributed by atoms with Gasteiger partial charge in [-0.15, -0.1) is 0 Å². The first kappa shape index (κ1) is 21.8. The zero-order chi connectivity index (χ0) is 21.7. The number of urea groups is 1.